The average Bonchev–Trinajstić information content (AvgIpc) is 3.26. The molecule has 2 heterocycles. The Labute approximate surface area is 162 Å². The van der Waals surface area contributed by atoms with Crippen molar-refractivity contribution in [1.29, 1.82) is 0 Å². The molecule has 1 aromatic heterocycles. The van der Waals surface area contributed by atoms with Crippen LogP contribution in [-0.4, -0.2) is 23.2 Å². The minimum Gasteiger partial charge on any atom is -0.454 e. The topological polar surface area (TPSA) is 112 Å². The van der Waals surface area contributed by atoms with Gasteiger partial charge in [-0.05, 0) is 30.3 Å². The number of halogens is 1. The van der Waals surface area contributed by atoms with E-state index in [0.717, 1.165) is 0 Å². The van der Waals surface area contributed by atoms with Gasteiger partial charge in [-0.25, -0.2) is 4.79 Å². The molecule has 4 rings (SSSR count). The molecule has 0 saturated carbocycles. The van der Waals surface area contributed by atoms with E-state index < -0.39 is 17.6 Å². The molecule has 3 aromatic rings. The third kappa shape index (κ3) is 3.52. The van der Waals surface area contributed by atoms with Crippen LogP contribution in [0.25, 0.3) is 11.1 Å². The number of benzene rings is 2. The van der Waals surface area contributed by atoms with Gasteiger partial charge in [0, 0.05) is 29.6 Å². The molecule has 0 spiro atoms. The number of nitrogens with one attached hydrogen (secondary N) is 2. The number of ether oxygens (including phenoxy) is 2. The van der Waals surface area contributed by atoms with E-state index in [2.05, 4.69) is 10.9 Å². The molecule has 10 heteroatoms. The van der Waals surface area contributed by atoms with Crippen LogP contribution in [0.4, 0.5) is 0 Å². The minimum atomic E-state index is -0.588. The first-order valence-electron chi connectivity index (χ1n) is 8.29. The van der Waals surface area contributed by atoms with Crippen molar-refractivity contribution in [2.45, 2.75) is 13.0 Å². The Bertz CT molecular complexity index is 1140. The number of rotatable bonds is 4. The Kier molecular flexibility index (Phi) is 4.66. The van der Waals surface area contributed by atoms with Crippen LogP contribution in [0.5, 0.6) is 11.5 Å². The summed E-state index contributed by atoms with van der Waals surface area (Å²) in [5, 5.41) is 0.442. The van der Waals surface area contributed by atoms with Crippen molar-refractivity contribution >= 4 is 34.5 Å². The summed E-state index contributed by atoms with van der Waals surface area (Å²) in [5.74, 6) is -0.545. The van der Waals surface area contributed by atoms with Crippen LogP contribution in [0.3, 0.4) is 0 Å². The van der Waals surface area contributed by atoms with Gasteiger partial charge in [0.1, 0.15) is 0 Å². The van der Waals surface area contributed by atoms with E-state index in [0.29, 0.717) is 33.2 Å². The molecular formula is C18H14ClN3O6. The number of fused-ring (bicyclic) bond motifs is 2. The zero-order valence-electron chi connectivity index (χ0n) is 14.4. The first-order valence-corrected chi connectivity index (χ1v) is 8.67. The normalized spacial score (nSPS) is 12.2. The lowest BCUT2D eigenvalue weighted by Gasteiger charge is -2.08. The molecule has 0 atom stereocenters. The number of hydrazine groups is 1. The third-order valence-electron chi connectivity index (χ3n) is 4.14. The summed E-state index contributed by atoms with van der Waals surface area (Å²) in [6.07, 6.45) is -0.0431. The average molecular weight is 404 g/mol. The number of oxazole rings is 1. The number of aromatic nitrogens is 1. The number of carbonyl (C=O) groups excluding carboxylic acids is 2. The lowest BCUT2D eigenvalue weighted by atomic mass is 10.2. The van der Waals surface area contributed by atoms with Crippen molar-refractivity contribution < 1.29 is 23.5 Å². The van der Waals surface area contributed by atoms with Gasteiger partial charge in [0.2, 0.25) is 12.7 Å². The highest BCUT2D eigenvalue weighted by atomic mass is 35.5. The highest BCUT2D eigenvalue weighted by Crippen LogP contribution is 2.32. The molecule has 0 fully saturated rings. The molecular weight excluding hydrogens is 390 g/mol. The summed E-state index contributed by atoms with van der Waals surface area (Å²) < 4.78 is 16.8. The van der Waals surface area contributed by atoms with Gasteiger partial charge >= 0.3 is 5.76 Å². The Morgan fingerprint density at radius 1 is 1.07 bits per heavy atom. The minimum absolute atomic E-state index is 0.0431. The van der Waals surface area contributed by atoms with Crippen molar-refractivity contribution in [2.24, 2.45) is 0 Å². The van der Waals surface area contributed by atoms with Crippen molar-refractivity contribution in [3.8, 4) is 11.5 Å². The van der Waals surface area contributed by atoms with Crippen LogP contribution >= 0.6 is 11.6 Å². The van der Waals surface area contributed by atoms with E-state index >= 15 is 0 Å². The van der Waals surface area contributed by atoms with Crippen molar-refractivity contribution in [1.82, 2.24) is 15.4 Å². The summed E-state index contributed by atoms with van der Waals surface area (Å²) in [6.45, 7) is 0.185. The SMILES string of the molecule is O=C(CCn1c(=O)oc2cc(Cl)ccc21)NNC(=O)c1ccc2c(c1)OCO2. The lowest BCUT2D eigenvalue weighted by Crippen LogP contribution is -2.42. The molecule has 2 N–H and O–H groups in total. The third-order valence-corrected chi connectivity index (χ3v) is 4.38. The Morgan fingerprint density at radius 2 is 1.89 bits per heavy atom. The van der Waals surface area contributed by atoms with Crippen LogP contribution in [0.15, 0.2) is 45.6 Å². The molecule has 0 unspecified atom stereocenters. The van der Waals surface area contributed by atoms with E-state index in [1.54, 1.807) is 24.3 Å². The molecule has 1 aliphatic rings. The van der Waals surface area contributed by atoms with E-state index in [1.165, 1.54) is 16.7 Å². The van der Waals surface area contributed by atoms with Gasteiger partial charge in [0.15, 0.2) is 17.1 Å². The summed E-state index contributed by atoms with van der Waals surface area (Å²) in [6, 6.07) is 9.48. The summed E-state index contributed by atoms with van der Waals surface area (Å²) in [7, 11) is 0. The summed E-state index contributed by atoms with van der Waals surface area (Å²) in [5.41, 5.74) is 5.81. The fourth-order valence-corrected chi connectivity index (χ4v) is 2.93. The smallest absolute Gasteiger partial charge is 0.419 e. The predicted octanol–water partition coefficient (Wildman–Crippen LogP) is 1.83. The van der Waals surface area contributed by atoms with Crippen LogP contribution in [0.1, 0.15) is 16.8 Å². The molecule has 2 amide bonds. The summed E-state index contributed by atoms with van der Waals surface area (Å²) in [4.78, 5) is 36.1. The fraction of sp³-hybridized carbons (Fsp3) is 0.167. The van der Waals surface area contributed by atoms with Crippen molar-refractivity contribution in [3.05, 3.63) is 57.5 Å². The molecule has 2 aromatic carbocycles. The van der Waals surface area contributed by atoms with Crippen LogP contribution < -0.4 is 26.1 Å². The van der Waals surface area contributed by atoms with E-state index in [-0.39, 0.29) is 19.8 Å². The molecule has 0 bridgehead atoms. The lowest BCUT2D eigenvalue weighted by molar-refractivity contribution is -0.122. The van der Waals surface area contributed by atoms with E-state index in [1.807, 2.05) is 0 Å². The van der Waals surface area contributed by atoms with Gasteiger partial charge in [0.25, 0.3) is 5.91 Å². The predicted molar refractivity (Wildman–Crippen MR) is 98.3 cm³/mol. The number of amides is 2. The first kappa shape index (κ1) is 17.9. The highest BCUT2D eigenvalue weighted by molar-refractivity contribution is 6.31. The number of carbonyl (C=O) groups is 2. The number of hydrogen-bond acceptors (Lipinski definition) is 6. The van der Waals surface area contributed by atoms with Gasteiger partial charge in [-0.1, -0.05) is 11.6 Å². The van der Waals surface area contributed by atoms with E-state index in [4.69, 9.17) is 25.5 Å². The Balaban J connectivity index is 1.34. The number of nitrogens with zero attached hydrogens (tertiary/aromatic N) is 1. The Hall–Kier alpha value is -3.46. The standard InChI is InChI=1S/C18H14ClN3O6/c19-11-2-3-12-14(8-11)28-18(25)22(12)6-5-16(23)20-21-17(24)10-1-4-13-15(7-10)27-9-26-13/h1-4,7-8H,5-6,9H2,(H,20,23)(H,21,24). The summed E-state index contributed by atoms with van der Waals surface area (Å²) >= 11 is 5.87. The number of hydrogen-bond donors (Lipinski definition) is 2. The second kappa shape index (κ2) is 7.28. The molecule has 1 aliphatic heterocycles. The van der Waals surface area contributed by atoms with Gasteiger partial charge < -0.3 is 13.9 Å². The fourth-order valence-electron chi connectivity index (χ4n) is 2.76. The largest absolute Gasteiger partial charge is 0.454 e. The maximum Gasteiger partial charge on any atom is 0.419 e. The van der Waals surface area contributed by atoms with Gasteiger partial charge in [0.05, 0.1) is 5.52 Å². The molecule has 28 heavy (non-hydrogen) atoms. The second-order valence-electron chi connectivity index (χ2n) is 5.95. The maximum atomic E-state index is 12.1. The highest BCUT2D eigenvalue weighted by Gasteiger charge is 2.17. The van der Waals surface area contributed by atoms with Gasteiger partial charge in [-0.2, -0.15) is 0 Å². The van der Waals surface area contributed by atoms with Gasteiger partial charge in [-0.15, -0.1) is 0 Å². The molecule has 0 radical (unpaired) electrons. The van der Waals surface area contributed by atoms with Crippen LogP contribution in [0.2, 0.25) is 5.02 Å². The maximum absolute atomic E-state index is 12.1. The molecule has 0 saturated heterocycles. The number of aryl methyl sites for hydroxylation is 1. The molecule has 9 nitrogen and oxygen atoms in total. The quantitative estimate of drug-likeness (QED) is 0.643. The van der Waals surface area contributed by atoms with E-state index in [9.17, 15) is 14.4 Å². The van der Waals surface area contributed by atoms with Crippen LogP contribution in [-0.2, 0) is 11.3 Å². The first-order chi connectivity index (χ1) is 13.5. The second-order valence-corrected chi connectivity index (χ2v) is 6.39. The molecule has 0 aliphatic carbocycles. The molecule has 144 valence electrons. The zero-order valence-corrected chi connectivity index (χ0v) is 15.1. The zero-order chi connectivity index (χ0) is 19.7. The van der Waals surface area contributed by atoms with Gasteiger partial charge in [-0.3, -0.25) is 25.0 Å². The monoisotopic (exact) mass is 403 g/mol. The van der Waals surface area contributed by atoms with Crippen molar-refractivity contribution in [2.75, 3.05) is 6.79 Å². The Morgan fingerprint density at radius 3 is 2.75 bits per heavy atom. The van der Waals surface area contributed by atoms with Crippen LogP contribution in [0, 0.1) is 0 Å². The van der Waals surface area contributed by atoms with Crippen molar-refractivity contribution in [3.63, 3.8) is 0 Å².